The van der Waals surface area contributed by atoms with E-state index in [2.05, 4.69) is 11.6 Å². The largest absolute Gasteiger partial charge is 0.489 e. The molecule has 0 unspecified atom stereocenters. The third-order valence-corrected chi connectivity index (χ3v) is 6.39. The Labute approximate surface area is 201 Å². The average molecular weight is 473 g/mol. The number of hydrogen-bond donors (Lipinski definition) is 0. The Kier molecular flexibility index (Phi) is 5.94. The van der Waals surface area contributed by atoms with Gasteiger partial charge in [0.25, 0.3) is 0 Å². The molecule has 1 aliphatic rings. The molecular formula is C27H25FN4O3. The molecule has 0 bridgehead atoms. The molecule has 7 nitrogen and oxygen atoms in total. The van der Waals surface area contributed by atoms with E-state index in [-0.39, 0.29) is 30.1 Å². The van der Waals surface area contributed by atoms with Gasteiger partial charge in [-0.2, -0.15) is 0 Å². The molecule has 3 heterocycles. The highest BCUT2D eigenvalue weighted by molar-refractivity contribution is 5.87. The quantitative estimate of drug-likeness (QED) is 0.395. The van der Waals surface area contributed by atoms with Gasteiger partial charge in [-0.15, -0.1) is 0 Å². The van der Waals surface area contributed by atoms with Crippen LogP contribution in [0.5, 0.6) is 5.75 Å². The molecule has 0 saturated carbocycles. The minimum atomic E-state index is -0.297. The lowest BCUT2D eigenvalue weighted by Gasteiger charge is -2.15. The molecule has 4 aromatic rings. The van der Waals surface area contributed by atoms with E-state index >= 15 is 0 Å². The van der Waals surface area contributed by atoms with Crippen LogP contribution in [-0.4, -0.2) is 38.0 Å². The van der Waals surface area contributed by atoms with Gasteiger partial charge in [0.1, 0.15) is 18.2 Å². The molecule has 1 amide bonds. The minimum absolute atomic E-state index is 0.107. The number of carbonyl (C=O) groups excluding carboxylic acids is 1. The SMILES string of the molecule is C=CC(=O)N1CC[C@@H](n2c(=O)n(-c3ccc(OCc4ccc(C)cc4F)cc3)c3cnccc32)C1. The number of rotatable bonds is 6. The van der Waals surface area contributed by atoms with Crippen LogP contribution in [0.2, 0.25) is 0 Å². The Morgan fingerprint density at radius 2 is 2.00 bits per heavy atom. The number of fused-ring (bicyclic) bond motifs is 1. The van der Waals surface area contributed by atoms with Gasteiger partial charge in [-0.1, -0.05) is 18.7 Å². The second-order valence-electron chi connectivity index (χ2n) is 8.66. The molecule has 0 aliphatic carbocycles. The molecular weight excluding hydrogens is 447 g/mol. The zero-order chi connectivity index (χ0) is 24.5. The molecule has 0 N–H and O–H groups in total. The smallest absolute Gasteiger partial charge is 0.334 e. The van der Waals surface area contributed by atoms with E-state index < -0.39 is 0 Å². The molecule has 1 aliphatic heterocycles. The van der Waals surface area contributed by atoms with Crippen molar-refractivity contribution in [2.24, 2.45) is 0 Å². The molecule has 178 valence electrons. The summed E-state index contributed by atoms with van der Waals surface area (Å²) in [6.45, 7) is 6.53. The van der Waals surface area contributed by atoms with Crippen LogP contribution >= 0.6 is 0 Å². The van der Waals surface area contributed by atoms with Gasteiger partial charge in [-0.05, 0) is 61.4 Å². The number of nitrogens with zero attached hydrogens (tertiary/aromatic N) is 4. The molecule has 5 rings (SSSR count). The molecule has 35 heavy (non-hydrogen) atoms. The normalized spacial score (nSPS) is 15.5. The monoisotopic (exact) mass is 472 g/mol. The van der Waals surface area contributed by atoms with Crippen molar-refractivity contribution < 1.29 is 13.9 Å². The molecule has 2 aromatic carbocycles. The minimum Gasteiger partial charge on any atom is -0.489 e. The molecule has 1 atom stereocenters. The van der Waals surface area contributed by atoms with Gasteiger partial charge in [0.2, 0.25) is 5.91 Å². The van der Waals surface area contributed by atoms with Gasteiger partial charge in [0, 0.05) is 24.8 Å². The summed E-state index contributed by atoms with van der Waals surface area (Å²) in [5.41, 5.74) is 3.25. The van der Waals surface area contributed by atoms with Crippen molar-refractivity contribution in [1.29, 1.82) is 0 Å². The van der Waals surface area contributed by atoms with Crippen LogP contribution in [0.25, 0.3) is 16.7 Å². The van der Waals surface area contributed by atoms with E-state index in [1.165, 1.54) is 12.1 Å². The zero-order valence-corrected chi connectivity index (χ0v) is 19.4. The number of aromatic nitrogens is 3. The molecule has 1 saturated heterocycles. The molecule has 8 heteroatoms. The fourth-order valence-corrected chi connectivity index (χ4v) is 4.57. The number of likely N-dealkylation sites (tertiary alicyclic amines) is 1. The lowest BCUT2D eigenvalue weighted by Crippen LogP contribution is -2.31. The summed E-state index contributed by atoms with van der Waals surface area (Å²) in [6.07, 6.45) is 5.31. The topological polar surface area (TPSA) is 69.4 Å². The lowest BCUT2D eigenvalue weighted by atomic mass is 10.1. The van der Waals surface area contributed by atoms with Crippen molar-refractivity contribution in [2.75, 3.05) is 13.1 Å². The number of hydrogen-bond acceptors (Lipinski definition) is 4. The first kappa shape index (κ1) is 22.6. The van der Waals surface area contributed by atoms with Gasteiger partial charge in [-0.3, -0.25) is 18.9 Å². The molecule has 0 radical (unpaired) electrons. The first-order valence-electron chi connectivity index (χ1n) is 11.4. The number of imidazole rings is 1. The van der Waals surface area contributed by atoms with Crippen LogP contribution in [0.3, 0.4) is 0 Å². The Bertz CT molecular complexity index is 1470. The van der Waals surface area contributed by atoms with Crippen LogP contribution in [0.1, 0.15) is 23.6 Å². The highest BCUT2D eigenvalue weighted by Crippen LogP contribution is 2.27. The summed E-state index contributed by atoms with van der Waals surface area (Å²) in [6, 6.07) is 13.8. The predicted octanol–water partition coefficient (Wildman–Crippen LogP) is 4.17. The van der Waals surface area contributed by atoms with Gasteiger partial charge >= 0.3 is 5.69 Å². The van der Waals surface area contributed by atoms with Crippen molar-refractivity contribution >= 4 is 16.9 Å². The van der Waals surface area contributed by atoms with Crippen molar-refractivity contribution in [3.8, 4) is 11.4 Å². The Balaban J connectivity index is 1.43. The molecule has 1 fully saturated rings. The third-order valence-electron chi connectivity index (χ3n) is 6.39. The summed E-state index contributed by atoms with van der Waals surface area (Å²) >= 11 is 0. The first-order valence-corrected chi connectivity index (χ1v) is 11.4. The standard InChI is InChI=1S/C27H25FN4O3/c1-3-26(33)30-13-11-21(16-30)32-24-10-12-29-15-25(24)31(27(32)34)20-6-8-22(9-7-20)35-17-19-5-4-18(2)14-23(19)28/h3-10,12,14-15,21H,1,11,13,16-17H2,2H3/t21-/m1/s1. The summed E-state index contributed by atoms with van der Waals surface area (Å²) < 4.78 is 23.2. The van der Waals surface area contributed by atoms with E-state index in [1.807, 2.05) is 19.1 Å². The van der Waals surface area contributed by atoms with E-state index in [4.69, 9.17) is 4.74 Å². The Morgan fingerprint density at radius 3 is 2.74 bits per heavy atom. The third kappa shape index (κ3) is 4.23. The highest BCUT2D eigenvalue weighted by Gasteiger charge is 2.29. The highest BCUT2D eigenvalue weighted by atomic mass is 19.1. The number of pyridine rings is 1. The number of ether oxygens (including phenoxy) is 1. The number of halogens is 1. The van der Waals surface area contributed by atoms with Crippen LogP contribution in [0, 0.1) is 12.7 Å². The lowest BCUT2D eigenvalue weighted by molar-refractivity contribution is -0.125. The zero-order valence-electron chi connectivity index (χ0n) is 19.4. The van der Waals surface area contributed by atoms with Gasteiger partial charge < -0.3 is 9.64 Å². The summed E-state index contributed by atoms with van der Waals surface area (Å²) in [7, 11) is 0. The van der Waals surface area contributed by atoms with Crippen LogP contribution in [-0.2, 0) is 11.4 Å². The van der Waals surface area contributed by atoms with Crippen molar-refractivity contribution in [3.05, 3.63) is 101 Å². The number of carbonyl (C=O) groups is 1. The second kappa shape index (κ2) is 9.21. The average Bonchev–Trinajstić information content (AvgIpc) is 3.45. The number of aryl methyl sites for hydroxylation is 1. The Morgan fingerprint density at radius 1 is 1.20 bits per heavy atom. The van der Waals surface area contributed by atoms with Crippen LogP contribution in [0.15, 0.2) is 78.4 Å². The van der Waals surface area contributed by atoms with E-state index in [9.17, 15) is 14.0 Å². The van der Waals surface area contributed by atoms with E-state index in [1.54, 1.807) is 56.8 Å². The number of amides is 1. The predicted molar refractivity (Wildman–Crippen MR) is 131 cm³/mol. The summed E-state index contributed by atoms with van der Waals surface area (Å²) in [5.74, 6) is 0.138. The van der Waals surface area contributed by atoms with E-state index in [0.29, 0.717) is 42.0 Å². The van der Waals surface area contributed by atoms with Gasteiger partial charge in [-0.25, -0.2) is 9.18 Å². The maximum atomic E-state index is 14.1. The molecule has 0 spiro atoms. The first-order chi connectivity index (χ1) is 17.0. The van der Waals surface area contributed by atoms with Gasteiger partial charge in [0.05, 0.1) is 29.0 Å². The maximum Gasteiger partial charge on any atom is 0.334 e. The Hall–Kier alpha value is -4.20. The summed E-state index contributed by atoms with van der Waals surface area (Å²) in [5, 5.41) is 0. The van der Waals surface area contributed by atoms with Crippen molar-refractivity contribution in [3.63, 3.8) is 0 Å². The fraction of sp³-hybridized carbons (Fsp3) is 0.222. The van der Waals surface area contributed by atoms with E-state index in [0.717, 1.165) is 11.1 Å². The molecule has 2 aromatic heterocycles. The van der Waals surface area contributed by atoms with Crippen molar-refractivity contribution in [1.82, 2.24) is 19.0 Å². The van der Waals surface area contributed by atoms with Crippen LogP contribution < -0.4 is 10.4 Å². The second-order valence-corrected chi connectivity index (χ2v) is 8.66. The number of benzene rings is 2. The van der Waals surface area contributed by atoms with Gasteiger partial charge in [0.15, 0.2) is 0 Å². The maximum absolute atomic E-state index is 14.1. The fourth-order valence-electron chi connectivity index (χ4n) is 4.57. The van der Waals surface area contributed by atoms with Crippen molar-refractivity contribution in [2.45, 2.75) is 26.0 Å². The van der Waals surface area contributed by atoms with Crippen LogP contribution in [0.4, 0.5) is 4.39 Å². The summed E-state index contributed by atoms with van der Waals surface area (Å²) in [4.78, 5) is 31.6.